The first kappa shape index (κ1) is 36.8. The summed E-state index contributed by atoms with van der Waals surface area (Å²) in [6, 6.07) is 9.54. The Kier molecular flexibility index (Phi) is 12.8. The second kappa shape index (κ2) is 17.1. The van der Waals surface area contributed by atoms with Crippen molar-refractivity contribution < 1.29 is 52.5 Å². The van der Waals surface area contributed by atoms with Gasteiger partial charge in [-0.2, -0.15) is 0 Å². The number of hydrogen-bond acceptors (Lipinski definition) is 11. The Morgan fingerprint density at radius 1 is 0.816 bits per heavy atom. The third-order valence-corrected chi connectivity index (χ3v) is 10.0. The van der Waals surface area contributed by atoms with Gasteiger partial charge in [-0.15, -0.1) is 0 Å². The highest BCUT2D eigenvalue weighted by Crippen LogP contribution is 2.42. The molecule has 0 aliphatic carbocycles. The Hall–Kier alpha value is -1.93. The molecule has 274 valence electrons. The van der Waals surface area contributed by atoms with E-state index in [0.29, 0.717) is 6.42 Å². The fourth-order valence-corrected chi connectivity index (χ4v) is 7.48. The second-order valence-electron chi connectivity index (χ2n) is 14.4. The number of hydrogen-bond donors (Lipinski definition) is 1. The topological polar surface area (TPSA) is 120 Å². The number of rotatable bonds is 5. The van der Waals surface area contributed by atoms with Crippen molar-refractivity contribution in [1.82, 2.24) is 0 Å². The van der Waals surface area contributed by atoms with E-state index in [1.807, 2.05) is 51.1 Å². The van der Waals surface area contributed by atoms with E-state index in [4.69, 9.17) is 42.6 Å². The van der Waals surface area contributed by atoms with Crippen molar-refractivity contribution in [3.63, 3.8) is 0 Å². The van der Waals surface area contributed by atoms with Gasteiger partial charge in [-0.25, -0.2) is 0 Å². The molecule has 1 aromatic carbocycles. The summed E-state index contributed by atoms with van der Waals surface area (Å²) in [6.45, 7) is 8.03. The molecule has 4 fully saturated rings. The zero-order chi connectivity index (χ0) is 34.4. The van der Waals surface area contributed by atoms with Gasteiger partial charge in [0.25, 0.3) is 0 Å². The summed E-state index contributed by atoms with van der Waals surface area (Å²) in [6.07, 6.45) is 5.24. The Balaban J connectivity index is 1.29. The third kappa shape index (κ3) is 9.30. The average Bonchev–Trinajstić information content (AvgIpc) is 3.42. The van der Waals surface area contributed by atoms with Crippen LogP contribution in [0, 0.1) is 0 Å². The number of aliphatic hydroxyl groups is 1. The van der Waals surface area contributed by atoms with Gasteiger partial charge in [-0.05, 0) is 65.7 Å². The molecule has 0 amide bonds. The van der Waals surface area contributed by atoms with Crippen LogP contribution in [0.2, 0.25) is 0 Å². The normalized spacial score (nSPS) is 41.1. The number of fused-ring (bicyclic) bond motifs is 7. The van der Waals surface area contributed by atoms with Crippen molar-refractivity contribution in [3.8, 4) is 0 Å². The largest absolute Gasteiger partial charge is 0.456 e. The lowest BCUT2D eigenvalue weighted by Gasteiger charge is -2.49. The Morgan fingerprint density at radius 3 is 2.39 bits per heavy atom. The number of allylic oxidation sites excluding steroid dienone is 2. The van der Waals surface area contributed by atoms with Crippen LogP contribution in [0.3, 0.4) is 0 Å². The molecule has 5 aliphatic heterocycles. The fraction of sp³-hybridized carbons (Fsp3) is 0.763. The predicted octanol–water partition coefficient (Wildman–Crippen LogP) is 6.01. The van der Waals surface area contributed by atoms with Crippen LogP contribution in [-0.4, -0.2) is 91.0 Å². The molecule has 11 heteroatoms. The zero-order valence-corrected chi connectivity index (χ0v) is 29.5. The summed E-state index contributed by atoms with van der Waals surface area (Å²) in [5.41, 5.74) is 0.818. The zero-order valence-electron chi connectivity index (χ0n) is 29.5. The van der Waals surface area contributed by atoms with E-state index in [-0.39, 0.29) is 25.2 Å². The van der Waals surface area contributed by atoms with Crippen LogP contribution in [0.25, 0.3) is 0 Å². The molecule has 0 saturated carbocycles. The molecule has 1 N–H and O–H groups in total. The lowest BCUT2D eigenvalue weighted by molar-refractivity contribution is -0.388. The van der Waals surface area contributed by atoms with Crippen LogP contribution in [0.15, 0.2) is 42.5 Å². The summed E-state index contributed by atoms with van der Waals surface area (Å²) in [5, 5.41) is 11.9. The molecular weight excluding hydrogens is 632 g/mol. The molecule has 2 bridgehead atoms. The predicted molar refractivity (Wildman–Crippen MR) is 178 cm³/mol. The minimum Gasteiger partial charge on any atom is -0.456 e. The van der Waals surface area contributed by atoms with E-state index in [9.17, 15) is 9.90 Å². The van der Waals surface area contributed by atoms with Gasteiger partial charge < -0.3 is 47.7 Å². The first-order valence-corrected chi connectivity index (χ1v) is 18.5. The van der Waals surface area contributed by atoms with Crippen LogP contribution in [0.5, 0.6) is 0 Å². The van der Waals surface area contributed by atoms with Crippen LogP contribution >= 0.6 is 0 Å². The van der Waals surface area contributed by atoms with Gasteiger partial charge in [0.2, 0.25) is 0 Å². The number of benzene rings is 1. The Labute approximate surface area is 290 Å². The summed E-state index contributed by atoms with van der Waals surface area (Å²) in [7, 11) is 0. The van der Waals surface area contributed by atoms with Crippen LogP contribution < -0.4 is 0 Å². The Bertz CT molecular complexity index is 1210. The lowest BCUT2D eigenvalue weighted by Crippen LogP contribution is -2.66. The van der Waals surface area contributed by atoms with Gasteiger partial charge in [0.15, 0.2) is 30.8 Å². The average molecular weight is 689 g/mol. The molecule has 49 heavy (non-hydrogen) atoms. The fourth-order valence-electron chi connectivity index (χ4n) is 7.48. The second-order valence-corrected chi connectivity index (χ2v) is 14.4. The van der Waals surface area contributed by atoms with Gasteiger partial charge in [0.05, 0.1) is 18.8 Å². The molecule has 0 unspecified atom stereocenters. The molecule has 0 spiro atoms. The van der Waals surface area contributed by atoms with Gasteiger partial charge in [-0.3, -0.25) is 4.79 Å². The van der Waals surface area contributed by atoms with Crippen molar-refractivity contribution in [2.45, 2.75) is 178 Å². The number of carbonyl (C=O) groups is 1. The van der Waals surface area contributed by atoms with Crippen molar-refractivity contribution in [1.29, 1.82) is 0 Å². The van der Waals surface area contributed by atoms with Crippen LogP contribution in [-0.2, 0) is 47.4 Å². The molecule has 0 radical (unpaired) electrons. The molecule has 0 aromatic heterocycles. The number of unbranched alkanes of at least 4 members (excludes halogenated alkanes) is 2. The lowest BCUT2D eigenvalue weighted by atomic mass is 9.96. The highest BCUT2D eigenvalue weighted by atomic mass is 16.8. The molecule has 11 nitrogen and oxygen atoms in total. The summed E-state index contributed by atoms with van der Waals surface area (Å²) >= 11 is 0. The van der Waals surface area contributed by atoms with Gasteiger partial charge in [0.1, 0.15) is 36.6 Å². The number of ether oxygens (including phenoxy) is 9. The molecule has 4 saturated heterocycles. The smallest absolute Gasteiger partial charge is 0.306 e. The maximum atomic E-state index is 13.2. The molecular formula is C38H56O11. The molecule has 5 aliphatic rings. The third-order valence-electron chi connectivity index (χ3n) is 10.0. The quantitative estimate of drug-likeness (QED) is 0.222. The molecule has 1 aromatic rings. The summed E-state index contributed by atoms with van der Waals surface area (Å²) in [5.74, 6) is -1.29. The van der Waals surface area contributed by atoms with Gasteiger partial charge in [0, 0.05) is 12.0 Å². The maximum Gasteiger partial charge on any atom is 0.306 e. The van der Waals surface area contributed by atoms with Crippen LogP contribution in [0.1, 0.15) is 110 Å². The van der Waals surface area contributed by atoms with Gasteiger partial charge >= 0.3 is 5.97 Å². The SMILES string of the molecule is CCCCC[C@H]1CCC/C=C/CCCCC(=O)O[C@@H]2[C@@H](O)[C@H](O[C@H]3[C@H](O1)O[C@H](C)[C@@H]1OC(C)(C)O[C@@H]13)O[C@@H]1CO[C@@H](c3ccccc3)O[C@@H]21. The monoisotopic (exact) mass is 688 g/mol. The van der Waals surface area contributed by atoms with Crippen molar-refractivity contribution in [3.05, 3.63) is 48.0 Å². The number of aliphatic hydroxyl groups excluding tert-OH is 1. The van der Waals surface area contributed by atoms with Crippen molar-refractivity contribution in [2.24, 2.45) is 0 Å². The van der Waals surface area contributed by atoms with Gasteiger partial charge in [-0.1, -0.05) is 68.7 Å². The standard InChI is InChI=1S/C38H56O11/c1-5-6-13-20-26-21-16-10-8-7-9-11-17-22-28(39)45-32-29(40)36(44-27-23-41-35(46-31(27)32)25-18-14-12-15-19-25)47-34-33-30(48-38(3,4)49-33)24(2)42-37(34)43-26/h7-8,12,14-15,18-19,24,26-27,29-37,40H,5-6,9-11,13,16-17,20-23H2,1-4H3/b8-7+/t24-,26+,27-,29-,30+,31-,32-,33+,34-,35-,36+,37+/m1/s1. The summed E-state index contributed by atoms with van der Waals surface area (Å²) in [4.78, 5) is 13.2. The van der Waals surface area contributed by atoms with Crippen molar-refractivity contribution >= 4 is 5.97 Å². The van der Waals surface area contributed by atoms with E-state index in [1.54, 1.807) is 0 Å². The summed E-state index contributed by atoms with van der Waals surface area (Å²) < 4.78 is 57.6. The number of carbonyl (C=O) groups excluding carboxylic acids is 1. The molecule has 12 atom stereocenters. The van der Waals surface area contributed by atoms with E-state index in [0.717, 1.165) is 63.4 Å². The molecule has 5 heterocycles. The minimum atomic E-state index is -1.38. The highest BCUT2D eigenvalue weighted by Gasteiger charge is 2.58. The van der Waals surface area contributed by atoms with E-state index < -0.39 is 73.4 Å². The van der Waals surface area contributed by atoms with E-state index in [1.165, 1.54) is 0 Å². The maximum absolute atomic E-state index is 13.2. The first-order valence-electron chi connectivity index (χ1n) is 18.5. The highest BCUT2D eigenvalue weighted by molar-refractivity contribution is 5.69. The first-order chi connectivity index (χ1) is 23.7. The van der Waals surface area contributed by atoms with E-state index in [2.05, 4.69) is 19.1 Å². The van der Waals surface area contributed by atoms with Crippen molar-refractivity contribution in [2.75, 3.05) is 6.61 Å². The minimum absolute atomic E-state index is 0.0532. The molecule has 6 rings (SSSR count). The Morgan fingerprint density at radius 2 is 1.59 bits per heavy atom. The van der Waals surface area contributed by atoms with Crippen LogP contribution in [0.4, 0.5) is 0 Å². The van der Waals surface area contributed by atoms with E-state index >= 15 is 0 Å². The number of esters is 1.